The van der Waals surface area contributed by atoms with Crippen LogP contribution in [0.4, 0.5) is 14.5 Å². The van der Waals surface area contributed by atoms with Gasteiger partial charge in [-0.1, -0.05) is 12.1 Å². The maximum Gasteiger partial charge on any atom is 0.171 e. The molecule has 0 heterocycles. The van der Waals surface area contributed by atoms with E-state index in [-0.39, 0.29) is 6.04 Å². The van der Waals surface area contributed by atoms with Crippen molar-refractivity contribution >= 4 is 23.0 Å². The monoisotopic (exact) mass is 322 g/mol. The Hall–Kier alpha value is -2.21. The first-order valence-electron chi connectivity index (χ1n) is 6.66. The molecule has 6 heteroatoms. The van der Waals surface area contributed by atoms with Gasteiger partial charge in [-0.2, -0.15) is 0 Å². The number of rotatable bonds is 4. The molecule has 0 saturated heterocycles. The molecule has 2 rings (SSSR count). The molecule has 1 atom stereocenters. The molecule has 3 nitrogen and oxygen atoms in total. The van der Waals surface area contributed by atoms with E-state index in [1.165, 1.54) is 6.07 Å². The molecule has 0 bridgehead atoms. The Morgan fingerprint density at radius 2 is 1.77 bits per heavy atom. The molecule has 2 N–H and O–H groups in total. The highest BCUT2D eigenvalue weighted by atomic mass is 32.1. The van der Waals surface area contributed by atoms with Crippen molar-refractivity contribution in [3.05, 3.63) is 59.7 Å². The zero-order valence-electron chi connectivity index (χ0n) is 12.2. The second-order valence-electron chi connectivity index (χ2n) is 4.72. The summed E-state index contributed by atoms with van der Waals surface area (Å²) in [5.41, 5.74) is 1.41. The molecule has 0 saturated carbocycles. The molecule has 0 aliphatic rings. The number of ether oxygens (including phenoxy) is 1. The van der Waals surface area contributed by atoms with Crippen molar-refractivity contribution in [1.82, 2.24) is 5.32 Å². The Balaban J connectivity index is 1.96. The van der Waals surface area contributed by atoms with Crippen LogP contribution in [-0.4, -0.2) is 12.2 Å². The lowest BCUT2D eigenvalue weighted by atomic mass is 10.1. The summed E-state index contributed by atoms with van der Waals surface area (Å²) in [6.07, 6.45) is 0. The third kappa shape index (κ3) is 4.14. The van der Waals surface area contributed by atoms with E-state index in [9.17, 15) is 8.78 Å². The first kappa shape index (κ1) is 16.2. The molecule has 0 radical (unpaired) electrons. The summed E-state index contributed by atoms with van der Waals surface area (Å²) in [6, 6.07) is 11.1. The number of thiocarbonyl (C=S) groups is 1. The summed E-state index contributed by atoms with van der Waals surface area (Å²) in [7, 11) is 1.61. The van der Waals surface area contributed by atoms with Gasteiger partial charge in [-0.15, -0.1) is 0 Å². The number of hydrogen-bond donors (Lipinski definition) is 2. The highest BCUT2D eigenvalue weighted by molar-refractivity contribution is 7.80. The summed E-state index contributed by atoms with van der Waals surface area (Å²) in [5.74, 6) is -1.04. The van der Waals surface area contributed by atoms with Gasteiger partial charge in [0.1, 0.15) is 5.75 Å². The first-order valence-corrected chi connectivity index (χ1v) is 7.07. The van der Waals surface area contributed by atoms with Gasteiger partial charge in [0.2, 0.25) is 0 Å². The SMILES string of the molecule is COc1ccc([C@H](C)NC(=S)Nc2ccc(F)c(F)c2)cc1. The number of methoxy groups -OCH3 is 1. The highest BCUT2D eigenvalue weighted by Gasteiger charge is 2.08. The number of anilines is 1. The zero-order chi connectivity index (χ0) is 16.1. The molecule has 0 fully saturated rings. The van der Waals surface area contributed by atoms with Gasteiger partial charge in [0.15, 0.2) is 16.7 Å². The molecule has 0 spiro atoms. The van der Waals surface area contributed by atoms with Crippen LogP contribution in [0, 0.1) is 11.6 Å². The smallest absolute Gasteiger partial charge is 0.171 e. The van der Waals surface area contributed by atoms with Crippen LogP contribution in [0.15, 0.2) is 42.5 Å². The van der Waals surface area contributed by atoms with Crippen LogP contribution in [0.25, 0.3) is 0 Å². The normalized spacial score (nSPS) is 11.6. The fourth-order valence-corrected chi connectivity index (χ4v) is 2.21. The lowest BCUT2D eigenvalue weighted by Crippen LogP contribution is -2.30. The molecule has 0 aliphatic heterocycles. The largest absolute Gasteiger partial charge is 0.497 e. The second-order valence-corrected chi connectivity index (χ2v) is 5.13. The molecule has 0 amide bonds. The number of benzene rings is 2. The van der Waals surface area contributed by atoms with Crippen molar-refractivity contribution in [2.45, 2.75) is 13.0 Å². The van der Waals surface area contributed by atoms with E-state index >= 15 is 0 Å². The standard InChI is InChI=1S/C16H16F2N2OS/c1-10(11-3-6-13(21-2)7-4-11)19-16(22)20-12-5-8-14(17)15(18)9-12/h3-10H,1-2H3,(H2,19,20,22)/t10-/m0/s1. The third-order valence-electron chi connectivity index (χ3n) is 3.14. The van der Waals surface area contributed by atoms with Crippen molar-refractivity contribution in [1.29, 1.82) is 0 Å². The zero-order valence-corrected chi connectivity index (χ0v) is 13.0. The molecule has 2 aromatic carbocycles. The predicted molar refractivity (Wildman–Crippen MR) is 87.1 cm³/mol. The Labute approximate surface area is 133 Å². The molecular formula is C16H16F2N2OS. The fourth-order valence-electron chi connectivity index (χ4n) is 1.91. The van der Waals surface area contributed by atoms with E-state index in [0.29, 0.717) is 10.8 Å². The number of halogens is 2. The quantitative estimate of drug-likeness (QED) is 0.833. The van der Waals surface area contributed by atoms with Crippen LogP contribution >= 0.6 is 12.2 Å². The molecule has 0 aliphatic carbocycles. The predicted octanol–water partition coefficient (Wildman–Crippen LogP) is 4.02. The van der Waals surface area contributed by atoms with Gasteiger partial charge < -0.3 is 15.4 Å². The fraction of sp³-hybridized carbons (Fsp3) is 0.188. The molecule has 0 aromatic heterocycles. The van der Waals surface area contributed by atoms with Gasteiger partial charge in [-0.3, -0.25) is 0 Å². The minimum atomic E-state index is -0.920. The minimum Gasteiger partial charge on any atom is -0.497 e. The molecule has 22 heavy (non-hydrogen) atoms. The maximum atomic E-state index is 13.1. The maximum absolute atomic E-state index is 13.1. The van der Waals surface area contributed by atoms with Crippen molar-refractivity contribution in [2.75, 3.05) is 12.4 Å². The van der Waals surface area contributed by atoms with Crippen LogP contribution in [0.3, 0.4) is 0 Å². The lowest BCUT2D eigenvalue weighted by molar-refractivity contribution is 0.414. The average Bonchev–Trinajstić information content (AvgIpc) is 2.51. The summed E-state index contributed by atoms with van der Waals surface area (Å²) >= 11 is 5.17. The summed E-state index contributed by atoms with van der Waals surface area (Å²) in [4.78, 5) is 0. The van der Waals surface area contributed by atoms with Crippen molar-refractivity contribution in [3.63, 3.8) is 0 Å². The van der Waals surface area contributed by atoms with Crippen LogP contribution in [0.5, 0.6) is 5.75 Å². The van der Waals surface area contributed by atoms with Crippen LogP contribution in [0.1, 0.15) is 18.5 Å². The van der Waals surface area contributed by atoms with E-state index in [0.717, 1.165) is 23.4 Å². The van der Waals surface area contributed by atoms with Gasteiger partial charge >= 0.3 is 0 Å². The topological polar surface area (TPSA) is 33.3 Å². The lowest BCUT2D eigenvalue weighted by Gasteiger charge is -2.17. The Bertz CT molecular complexity index is 662. The summed E-state index contributed by atoms with van der Waals surface area (Å²) in [6.45, 7) is 1.95. The van der Waals surface area contributed by atoms with Gasteiger partial charge in [0, 0.05) is 11.8 Å². The van der Waals surface area contributed by atoms with E-state index in [1.807, 2.05) is 31.2 Å². The van der Waals surface area contributed by atoms with Crippen molar-refractivity contribution in [2.24, 2.45) is 0 Å². The van der Waals surface area contributed by atoms with Crippen molar-refractivity contribution < 1.29 is 13.5 Å². The highest BCUT2D eigenvalue weighted by Crippen LogP contribution is 2.18. The minimum absolute atomic E-state index is 0.0452. The Morgan fingerprint density at radius 3 is 2.36 bits per heavy atom. The van der Waals surface area contributed by atoms with E-state index in [2.05, 4.69) is 10.6 Å². The Morgan fingerprint density at radius 1 is 1.09 bits per heavy atom. The molecular weight excluding hydrogens is 306 g/mol. The van der Waals surface area contributed by atoms with Crippen LogP contribution in [0.2, 0.25) is 0 Å². The van der Waals surface area contributed by atoms with Crippen LogP contribution < -0.4 is 15.4 Å². The van der Waals surface area contributed by atoms with Gasteiger partial charge in [-0.05, 0) is 49.0 Å². The Kier molecular flexibility index (Phi) is 5.27. The molecule has 2 aromatic rings. The van der Waals surface area contributed by atoms with Crippen LogP contribution in [-0.2, 0) is 0 Å². The number of nitrogens with one attached hydrogen (secondary N) is 2. The van der Waals surface area contributed by atoms with Crippen molar-refractivity contribution in [3.8, 4) is 5.75 Å². The average molecular weight is 322 g/mol. The summed E-state index contributed by atoms with van der Waals surface area (Å²) < 4.78 is 31.1. The molecule has 0 unspecified atom stereocenters. The summed E-state index contributed by atoms with van der Waals surface area (Å²) in [5, 5.41) is 6.23. The van der Waals surface area contributed by atoms with Gasteiger partial charge in [0.05, 0.1) is 13.2 Å². The second kappa shape index (κ2) is 7.17. The van der Waals surface area contributed by atoms with E-state index in [1.54, 1.807) is 7.11 Å². The van der Waals surface area contributed by atoms with E-state index < -0.39 is 11.6 Å². The third-order valence-corrected chi connectivity index (χ3v) is 3.36. The van der Waals surface area contributed by atoms with E-state index in [4.69, 9.17) is 17.0 Å². The first-order chi connectivity index (χ1) is 10.5. The number of hydrogen-bond acceptors (Lipinski definition) is 2. The van der Waals surface area contributed by atoms with Gasteiger partial charge in [-0.25, -0.2) is 8.78 Å². The van der Waals surface area contributed by atoms with Gasteiger partial charge in [0.25, 0.3) is 0 Å². The molecule has 116 valence electrons.